The first-order valence-corrected chi connectivity index (χ1v) is 14.2. The molecule has 1 heterocycles. The number of benzene rings is 8. The van der Waals surface area contributed by atoms with Gasteiger partial charge < -0.3 is 4.90 Å². The summed E-state index contributed by atoms with van der Waals surface area (Å²) in [5.41, 5.74) is 5.96. The lowest BCUT2D eigenvalue weighted by Crippen LogP contribution is -2.11. The van der Waals surface area contributed by atoms with Gasteiger partial charge >= 0.3 is 0 Å². The summed E-state index contributed by atoms with van der Waals surface area (Å²) in [7, 11) is 0. The van der Waals surface area contributed by atoms with Crippen LogP contribution in [-0.4, -0.2) is 0 Å². The van der Waals surface area contributed by atoms with Gasteiger partial charge in [-0.1, -0.05) is 127 Å². The van der Waals surface area contributed by atoms with E-state index in [9.17, 15) is 0 Å². The Morgan fingerprint density at radius 1 is 0.317 bits per heavy atom. The predicted octanol–water partition coefficient (Wildman–Crippen LogP) is 11.4. The van der Waals surface area contributed by atoms with Crippen molar-refractivity contribution in [1.82, 2.24) is 0 Å². The van der Waals surface area contributed by atoms with Crippen molar-refractivity contribution < 1.29 is 0 Å². The van der Waals surface area contributed by atoms with Gasteiger partial charge in [0, 0.05) is 5.69 Å². The van der Waals surface area contributed by atoms with Gasteiger partial charge in [0.2, 0.25) is 0 Å². The van der Waals surface area contributed by atoms with Crippen molar-refractivity contribution in [3.8, 4) is 0 Å². The van der Waals surface area contributed by atoms with Crippen LogP contribution in [0.1, 0.15) is 11.1 Å². The fourth-order valence-corrected chi connectivity index (χ4v) is 7.00. The molecule has 0 spiro atoms. The topological polar surface area (TPSA) is 3.24 Å². The van der Waals surface area contributed by atoms with Crippen LogP contribution in [0, 0.1) is 0 Å². The summed E-state index contributed by atoms with van der Waals surface area (Å²) >= 11 is 0. The fourth-order valence-electron chi connectivity index (χ4n) is 7.00. The zero-order chi connectivity index (χ0) is 26.9. The molecule has 0 atom stereocenters. The predicted molar refractivity (Wildman–Crippen MR) is 178 cm³/mol. The zero-order valence-electron chi connectivity index (χ0n) is 22.4. The van der Waals surface area contributed by atoms with Crippen LogP contribution in [0.5, 0.6) is 0 Å². The Labute approximate surface area is 238 Å². The van der Waals surface area contributed by atoms with E-state index in [1.807, 2.05) is 0 Å². The standard InChI is InChI=1S/C40H25N/c1-9-19-37-26(11-1)21-22-27-12-2-10-20-38(27)41(37)28-23-24-32-31-15-5-7-17-34(31)39-33-16-6-3-13-29(33)30-14-4-8-18-35(30)40(39)36(32)25-28/h1-25H. The minimum atomic E-state index is 1.16. The third-order valence-corrected chi connectivity index (χ3v) is 8.75. The lowest BCUT2D eigenvalue weighted by molar-refractivity contribution is 1.28. The number of hydrogen-bond donors (Lipinski definition) is 0. The van der Waals surface area contributed by atoms with Gasteiger partial charge in [-0.15, -0.1) is 0 Å². The zero-order valence-corrected chi connectivity index (χ0v) is 22.4. The molecule has 1 aliphatic heterocycles. The number of rotatable bonds is 1. The molecule has 8 aromatic carbocycles. The first kappa shape index (κ1) is 22.4. The second kappa shape index (κ2) is 8.55. The molecule has 0 saturated carbocycles. The molecule has 0 N–H and O–H groups in total. The largest absolute Gasteiger partial charge is 0.309 e. The Hall–Kier alpha value is -5.40. The van der Waals surface area contributed by atoms with Crippen molar-refractivity contribution in [1.29, 1.82) is 0 Å². The molecular formula is C40H25N. The average Bonchev–Trinajstić information content (AvgIpc) is 3.21. The molecule has 1 nitrogen and oxygen atoms in total. The highest BCUT2D eigenvalue weighted by Gasteiger charge is 2.21. The fraction of sp³-hybridized carbons (Fsp3) is 0. The molecule has 1 aliphatic rings. The van der Waals surface area contributed by atoms with Crippen LogP contribution in [0.4, 0.5) is 17.1 Å². The Bertz CT molecular complexity index is 2310. The molecule has 0 fully saturated rings. The van der Waals surface area contributed by atoms with Crippen molar-refractivity contribution in [2.45, 2.75) is 0 Å². The third kappa shape index (κ3) is 3.18. The van der Waals surface area contributed by atoms with Crippen molar-refractivity contribution in [3.05, 3.63) is 151 Å². The Morgan fingerprint density at radius 2 is 0.707 bits per heavy atom. The van der Waals surface area contributed by atoms with E-state index in [4.69, 9.17) is 0 Å². The number of para-hydroxylation sites is 2. The van der Waals surface area contributed by atoms with Crippen LogP contribution >= 0.6 is 0 Å². The highest BCUT2D eigenvalue weighted by atomic mass is 15.1. The van der Waals surface area contributed by atoms with Gasteiger partial charge in [-0.25, -0.2) is 0 Å². The minimum absolute atomic E-state index is 1.16. The number of fused-ring (bicyclic) bond motifs is 13. The van der Waals surface area contributed by atoms with E-state index in [1.165, 1.54) is 76.4 Å². The average molecular weight is 520 g/mol. The minimum Gasteiger partial charge on any atom is -0.309 e. The second-order valence-electron chi connectivity index (χ2n) is 10.9. The van der Waals surface area contributed by atoms with Crippen molar-refractivity contribution >= 4 is 83.1 Å². The number of nitrogens with zero attached hydrogens (tertiary/aromatic N) is 1. The summed E-state index contributed by atoms with van der Waals surface area (Å²) in [5, 5.41) is 13.0. The maximum Gasteiger partial charge on any atom is 0.0534 e. The van der Waals surface area contributed by atoms with Gasteiger partial charge in [0.05, 0.1) is 11.4 Å². The monoisotopic (exact) mass is 519 g/mol. The van der Waals surface area contributed by atoms with Crippen LogP contribution in [0.3, 0.4) is 0 Å². The molecule has 0 unspecified atom stereocenters. The van der Waals surface area contributed by atoms with Crippen molar-refractivity contribution in [3.63, 3.8) is 0 Å². The van der Waals surface area contributed by atoms with Crippen LogP contribution < -0.4 is 4.90 Å². The second-order valence-corrected chi connectivity index (χ2v) is 10.9. The molecule has 9 rings (SSSR count). The molecule has 0 amide bonds. The van der Waals surface area contributed by atoms with Crippen LogP contribution in [0.2, 0.25) is 0 Å². The number of anilines is 3. The molecule has 0 bridgehead atoms. The molecule has 41 heavy (non-hydrogen) atoms. The number of hydrogen-bond acceptors (Lipinski definition) is 1. The molecule has 8 aromatic rings. The summed E-state index contributed by atoms with van der Waals surface area (Å²) in [5.74, 6) is 0. The van der Waals surface area contributed by atoms with Gasteiger partial charge in [-0.05, 0) is 89.3 Å². The third-order valence-electron chi connectivity index (χ3n) is 8.75. The van der Waals surface area contributed by atoms with E-state index in [-0.39, 0.29) is 0 Å². The van der Waals surface area contributed by atoms with Gasteiger partial charge in [0.15, 0.2) is 0 Å². The van der Waals surface area contributed by atoms with Gasteiger partial charge in [-0.3, -0.25) is 0 Å². The van der Waals surface area contributed by atoms with E-state index >= 15 is 0 Å². The highest BCUT2D eigenvalue weighted by molar-refractivity contribution is 6.39. The van der Waals surface area contributed by atoms with Crippen molar-refractivity contribution in [2.75, 3.05) is 4.90 Å². The SMILES string of the molecule is C1=Cc2ccccc2N(c2ccc3c4ccccc4c4c5ccccc5c5ccccc5c4c3c2)c2ccccc21. The molecule has 190 valence electrons. The molecule has 0 aromatic heterocycles. The molecule has 0 saturated heterocycles. The Balaban J connectivity index is 1.48. The van der Waals surface area contributed by atoms with Gasteiger partial charge in [-0.2, -0.15) is 0 Å². The van der Waals surface area contributed by atoms with E-state index in [0.717, 1.165) is 5.69 Å². The van der Waals surface area contributed by atoms with Crippen LogP contribution in [-0.2, 0) is 0 Å². The van der Waals surface area contributed by atoms with E-state index in [2.05, 4.69) is 157 Å². The maximum atomic E-state index is 2.42. The lowest BCUT2D eigenvalue weighted by atomic mass is 9.87. The highest BCUT2D eigenvalue weighted by Crippen LogP contribution is 2.47. The summed E-state index contributed by atoms with van der Waals surface area (Å²) in [6.45, 7) is 0. The van der Waals surface area contributed by atoms with E-state index in [1.54, 1.807) is 0 Å². The molecule has 0 aliphatic carbocycles. The Kier molecular flexibility index (Phi) is 4.67. The molecule has 1 heteroatoms. The lowest BCUT2D eigenvalue weighted by Gasteiger charge is -2.28. The first-order valence-electron chi connectivity index (χ1n) is 14.2. The normalized spacial score (nSPS) is 12.7. The smallest absolute Gasteiger partial charge is 0.0534 e. The summed E-state index contributed by atoms with van der Waals surface area (Å²) in [4.78, 5) is 2.42. The summed E-state index contributed by atoms with van der Waals surface area (Å²) in [6.07, 6.45) is 4.47. The molecule has 0 radical (unpaired) electrons. The maximum absolute atomic E-state index is 2.42. The Morgan fingerprint density at radius 3 is 1.22 bits per heavy atom. The first-order chi connectivity index (χ1) is 20.4. The van der Waals surface area contributed by atoms with Gasteiger partial charge in [0.1, 0.15) is 0 Å². The van der Waals surface area contributed by atoms with Gasteiger partial charge in [0.25, 0.3) is 0 Å². The van der Waals surface area contributed by atoms with Crippen LogP contribution in [0.25, 0.3) is 66.0 Å². The summed E-state index contributed by atoms with van der Waals surface area (Å²) in [6, 6.07) is 51.1. The van der Waals surface area contributed by atoms with E-state index < -0.39 is 0 Å². The van der Waals surface area contributed by atoms with Crippen molar-refractivity contribution in [2.24, 2.45) is 0 Å². The van der Waals surface area contributed by atoms with Crippen LogP contribution in [0.15, 0.2) is 140 Å². The summed E-state index contributed by atoms with van der Waals surface area (Å²) < 4.78 is 0. The molecular weight excluding hydrogens is 494 g/mol. The quantitative estimate of drug-likeness (QED) is 0.195. The van der Waals surface area contributed by atoms with E-state index in [0.29, 0.717) is 0 Å².